The molecule has 3 rings (SSSR count). The number of aryl methyl sites for hydroxylation is 2. The lowest BCUT2D eigenvalue weighted by Crippen LogP contribution is -2.37. The zero-order valence-corrected chi connectivity index (χ0v) is 14.6. The van der Waals surface area contributed by atoms with Crippen LogP contribution in [0.3, 0.4) is 0 Å². The zero-order valence-electron chi connectivity index (χ0n) is 14.6. The number of carbonyl (C=O) groups is 2. The van der Waals surface area contributed by atoms with E-state index in [-0.39, 0.29) is 12.0 Å². The smallest absolute Gasteiger partial charge is 0.410 e. The van der Waals surface area contributed by atoms with Gasteiger partial charge in [-0.25, -0.2) is 4.79 Å². The van der Waals surface area contributed by atoms with Gasteiger partial charge >= 0.3 is 6.09 Å². The Balaban J connectivity index is 1.80. The highest BCUT2D eigenvalue weighted by molar-refractivity contribution is 6.05. The summed E-state index contributed by atoms with van der Waals surface area (Å²) in [7, 11) is 1.78. The number of amides is 2. The first-order valence-electron chi connectivity index (χ1n) is 8.19. The van der Waals surface area contributed by atoms with Crippen LogP contribution in [0.15, 0.2) is 18.5 Å². The molecule has 0 spiro atoms. The fourth-order valence-electron chi connectivity index (χ4n) is 2.97. The molecule has 0 saturated carbocycles. The molecule has 1 aliphatic rings. The van der Waals surface area contributed by atoms with E-state index in [1.807, 2.05) is 13.0 Å². The molecule has 0 atom stereocenters. The number of nitrogens with one attached hydrogen (secondary N) is 1. The highest BCUT2D eigenvalue weighted by Crippen LogP contribution is 2.23. The molecular formula is C17H21N5O3. The minimum Gasteiger partial charge on any atom is -0.450 e. The third-order valence-electron chi connectivity index (χ3n) is 4.15. The molecule has 0 unspecified atom stereocenters. The number of rotatable bonds is 3. The van der Waals surface area contributed by atoms with Crippen molar-refractivity contribution in [1.82, 2.24) is 19.7 Å². The number of ether oxygens (including phenoxy) is 1. The van der Waals surface area contributed by atoms with Crippen molar-refractivity contribution in [2.45, 2.75) is 26.8 Å². The van der Waals surface area contributed by atoms with Crippen LogP contribution in [-0.2, 0) is 24.8 Å². The maximum atomic E-state index is 12.7. The predicted octanol–water partition coefficient (Wildman–Crippen LogP) is 1.89. The Labute approximate surface area is 145 Å². The van der Waals surface area contributed by atoms with Gasteiger partial charge in [0.2, 0.25) is 0 Å². The van der Waals surface area contributed by atoms with Gasteiger partial charge in [0.25, 0.3) is 5.91 Å². The van der Waals surface area contributed by atoms with Crippen LogP contribution in [0.2, 0.25) is 0 Å². The second kappa shape index (κ2) is 6.92. The Kier molecular flexibility index (Phi) is 4.69. The Morgan fingerprint density at radius 1 is 1.36 bits per heavy atom. The molecule has 132 valence electrons. The minimum absolute atomic E-state index is 0.225. The summed E-state index contributed by atoms with van der Waals surface area (Å²) < 4.78 is 6.67. The maximum absolute atomic E-state index is 12.7. The number of hydrogen-bond donors (Lipinski definition) is 1. The summed E-state index contributed by atoms with van der Waals surface area (Å²) in [5.41, 5.74) is 3.15. The lowest BCUT2D eigenvalue weighted by molar-refractivity contribution is 0.101. The molecule has 0 bridgehead atoms. The van der Waals surface area contributed by atoms with E-state index in [4.69, 9.17) is 4.74 Å². The van der Waals surface area contributed by atoms with Gasteiger partial charge in [-0.1, -0.05) is 0 Å². The first kappa shape index (κ1) is 16.9. The molecule has 0 radical (unpaired) electrons. The number of pyridine rings is 1. The summed E-state index contributed by atoms with van der Waals surface area (Å²) in [6.45, 7) is 4.90. The van der Waals surface area contributed by atoms with Gasteiger partial charge in [0.1, 0.15) is 5.82 Å². The van der Waals surface area contributed by atoms with E-state index in [1.54, 1.807) is 35.9 Å². The van der Waals surface area contributed by atoms with Crippen molar-refractivity contribution in [2.24, 2.45) is 7.05 Å². The van der Waals surface area contributed by atoms with Crippen molar-refractivity contribution in [3.05, 3.63) is 40.8 Å². The summed E-state index contributed by atoms with van der Waals surface area (Å²) >= 11 is 0. The number of nitrogens with zero attached hydrogens (tertiary/aromatic N) is 4. The molecule has 25 heavy (non-hydrogen) atoms. The van der Waals surface area contributed by atoms with Crippen LogP contribution < -0.4 is 5.32 Å². The molecule has 8 nitrogen and oxygen atoms in total. The van der Waals surface area contributed by atoms with Gasteiger partial charge in [0.05, 0.1) is 24.4 Å². The maximum Gasteiger partial charge on any atom is 0.410 e. The highest BCUT2D eigenvalue weighted by Gasteiger charge is 2.25. The molecule has 2 amide bonds. The third-order valence-corrected chi connectivity index (χ3v) is 4.15. The first-order chi connectivity index (χ1) is 12.0. The molecule has 2 aromatic rings. The lowest BCUT2D eigenvalue weighted by Gasteiger charge is -2.28. The zero-order chi connectivity index (χ0) is 18.0. The number of hydrogen-bond acceptors (Lipinski definition) is 5. The molecule has 1 aliphatic heterocycles. The summed E-state index contributed by atoms with van der Waals surface area (Å²) in [5.74, 6) is 0.404. The van der Waals surface area contributed by atoms with Gasteiger partial charge in [-0.2, -0.15) is 5.10 Å². The summed E-state index contributed by atoms with van der Waals surface area (Å²) in [4.78, 5) is 30.4. The second-order valence-corrected chi connectivity index (χ2v) is 5.94. The van der Waals surface area contributed by atoms with Gasteiger partial charge in [-0.3, -0.25) is 14.5 Å². The third kappa shape index (κ3) is 3.47. The molecular weight excluding hydrogens is 322 g/mol. The van der Waals surface area contributed by atoms with Gasteiger partial charge in [-0.05, 0) is 31.4 Å². The van der Waals surface area contributed by atoms with E-state index >= 15 is 0 Å². The molecule has 8 heteroatoms. The number of anilines is 1. The molecule has 0 aromatic carbocycles. The van der Waals surface area contributed by atoms with Crippen LogP contribution in [-0.4, -0.2) is 44.8 Å². The Morgan fingerprint density at radius 3 is 2.84 bits per heavy atom. The predicted molar refractivity (Wildman–Crippen MR) is 91.3 cm³/mol. The molecule has 3 heterocycles. The van der Waals surface area contributed by atoms with Crippen LogP contribution in [0.5, 0.6) is 0 Å². The fourth-order valence-corrected chi connectivity index (χ4v) is 2.97. The normalized spacial score (nSPS) is 13.3. The van der Waals surface area contributed by atoms with Crippen LogP contribution in [0.1, 0.15) is 34.1 Å². The lowest BCUT2D eigenvalue weighted by atomic mass is 9.97. The topological polar surface area (TPSA) is 89.3 Å². The average Bonchev–Trinajstić information content (AvgIpc) is 2.91. The van der Waals surface area contributed by atoms with Crippen molar-refractivity contribution in [1.29, 1.82) is 0 Å². The molecule has 0 fully saturated rings. The standard InChI is InChI=1S/C17H21N5O3/c1-4-25-17(24)22-6-5-13-12(10-22)8-18-9-14(13)16(23)19-15-7-11(2)20-21(15)3/h7-9H,4-6,10H2,1-3H3,(H,19,23). The van der Waals surface area contributed by atoms with Gasteiger partial charge in [0, 0.05) is 32.1 Å². The van der Waals surface area contributed by atoms with E-state index in [1.165, 1.54) is 0 Å². The molecule has 2 aromatic heterocycles. The van der Waals surface area contributed by atoms with Crippen molar-refractivity contribution in [3.63, 3.8) is 0 Å². The number of carbonyl (C=O) groups excluding carboxylic acids is 2. The minimum atomic E-state index is -0.339. The van der Waals surface area contributed by atoms with E-state index in [0.717, 1.165) is 16.8 Å². The number of aromatic nitrogens is 3. The fraction of sp³-hybridized carbons (Fsp3) is 0.412. The Hall–Kier alpha value is -2.90. The molecule has 0 saturated heterocycles. The van der Waals surface area contributed by atoms with Crippen LogP contribution in [0.4, 0.5) is 10.6 Å². The van der Waals surface area contributed by atoms with Crippen molar-refractivity contribution < 1.29 is 14.3 Å². The van der Waals surface area contributed by atoms with Crippen molar-refractivity contribution in [3.8, 4) is 0 Å². The monoisotopic (exact) mass is 343 g/mol. The second-order valence-electron chi connectivity index (χ2n) is 5.94. The largest absolute Gasteiger partial charge is 0.450 e. The van der Waals surface area contributed by atoms with Crippen molar-refractivity contribution >= 4 is 17.8 Å². The SMILES string of the molecule is CCOC(=O)N1CCc2c(cncc2C(=O)Nc2cc(C)nn2C)C1. The van der Waals surface area contributed by atoms with Crippen LogP contribution in [0.25, 0.3) is 0 Å². The first-order valence-corrected chi connectivity index (χ1v) is 8.19. The van der Waals surface area contributed by atoms with Crippen LogP contribution >= 0.6 is 0 Å². The van der Waals surface area contributed by atoms with E-state index in [2.05, 4.69) is 15.4 Å². The average molecular weight is 343 g/mol. The Morgan fingerprint density at radius 2 is 2.16 bits per heavy atom. The van der Waals surface area contributed by atoms with E-state index < -0.39 is 0 Å². The highest BCUT2D eigenvalue weighted by atomic mass is 16.6. The van der Waals surface area contributed by atoms with Gasteiger partial charge < -0.3 is 15.0 Å². The summed E-state index contributed by atoms with van der Waals surface area (Å²) in [5, 5.41) is 7.09. The quantitative estimate of drug-likeness (QED) is 0.919. The van der Waals surface area contributed by atoms with Crippen LogP contribution in [0, 0.1) is 6.92 Å². The molecule has 0 aliphatic carbocycles. The van der Waals surface area contributed by atoms with E-state index in [9.17, 15) is 9.59 Å². The van der Waals surface area contributed by atoms with Crippen molar-refractivity contribution in [2.75, 3.05) is 18.5 Å². The number of fused-ring (bicyclic) bond motifs is 1. The summed E-state index contributed by atoms with van der Waals surface area (Å²) in [6, 6.07) is 1.81. The Bertz CT molecular complexity index is 815. The van der Waals surface area contributed by atoms with E-state index in [0.29, 0.717) is 37.5 Å². The summed E-state index contributed by atoms with van der Waals surface area (Å²) in [6.07, 6.45) is 3.51. The van der Waals surface area contributed by atoms with Gasteiger partial charge in [-0.15, -0.1) is 0 Å². The van der Waals surface area contributed by atoms with Gasteiger partial charge in [0.15, 0.2) is 0 Å². The molecule has 1 N–H and O–H groups in total.